The molecule has 0 bridgehead atoms. The lowest BCUT2D eigenvalue weighted by Gasteiger charge is -2.30. The molecule has 1 aromatic rings. The fraction of sp³-hybridized carbons (Fsp3) is 0.571. The van der Waals surface area contributed by atoms with Crippen molar-refractivity contribution in [3.8, 4) is 0 Å². The highest BCUT2D eigenvalue weighted by molar-refractivity contribution is 5.89. The first-order valence-electron chi connectivity index (χ1n) is 9.83. The number of hydrogen-bond donors (Lipinski definition) is 2. The normalized spacial score (nSPS) is 13.0. The van der Waals surface area contributed by atoms with E-state index in [0.29, 0.717) is 13.0 Å². The average molecular weight is 376 g/mol. The Morgan fingerprint density at radius 1 is 1.07 bits per heavy atom. The fourth-order valence-electron chi connectivity index (χ4n) is 3.11. The molecule has 2 atom stereocenters. The molecule has 6 heteroatoms. The predicted molar refractivity (Wildman–Crippen MR) is 107 cm³/mol. The van der Waals surface area contributed by atoms with Crippen molar-refractivity contribution < 1.29 is 14.4 Å². The Balaban J connectivity index is 2.78. The highest BCUT2D eigenvalue weighted by atomic mass is 16.2. The summed E-state index contributed by atoms with van der Waals surface area (Å²) in [6, 6.07) is 7.93. The quantitative estimate of drug-likeness (QED) is 0.384. The molecule has 0 radical (unpaired) electrons. The van der Waals surface area contributed by atoms with E-state index in [1.54, 1.807) is 0 Å². The first-order valence-corrected chi connectivity index (χ1v) is 9.83. The van der Waals surface area contributed by atoms with E-state index in [2.05, 4.69) is 6.92 Å². The number of rotatable bonds is 14. The van der Waals surface area contributed by atoms with Crippen molar-refractivity contribution in [1.29, 1.82) is 0 Å². The molecule has 0 fully saturated rings. The molecule has 0 saturated carbocycles. The molecule has 0 aliphatic rings. The minimum Gasteiger partial charge on any atom is -0.370 e. The van der Waals surface area contributed by atoms with Gasteiger partial charge in [-0.1, -0.05) is 69.4 Å². The molecule has 0 spiro atoms. The Morgan fingerprint density at radius 2 is 1.70 bits per heavy atom. The summed E-state index contributed by atoms with van der Waals surface area (Å²) in [4.78, 5) is 37.2. The van der Waals surface area contributed by atoms with E-state index >= 15 is 0 Å². The van der Waals surface area contributed by atoms with E-state index in [1.807, 2.05) is 30.3 Å². The molecule has 0 aromatic heterocycles. The summed E-state index contributed by atoms with van der Waals surface area (Å²) in [6.07, 6.45) is 7.45. The Morgan fingerprint density at radius 3 is 2.30 bits per heavy atom. The highest BCUT2D eigenvalue weighted by Gasteiger charge is 2.28. The van der Waals surface area contributed by atoms with Gasteiger partial charge in [-0.15, -0.1) is 0 Å². The Labute approximate surface area is 162 Å². The lowest BCUT2D eigenvalue weighted by atomic mass is 10.0. The number of unbranched alkanes of at least 4 members (excludes halogenated alkanes) is 5. The summed E-state index contributed by atoms with van der Waals surface area (Å²) in [5.41, 5.74) is 12.0. The van der Waals surface area contributed by atoms with Gasteiger partial charge in [0.25, 0.3) is 0 Å². The molecule has 0 unspecified atom stereocenters. The summed E-state index contributed by atoms with van der Waals surface area (Å²) >= 11 is 0. The van der Waals surface area contributed by atoms with Crippen molar-refractivity contribution in [3.63, 3.8) is 0 Å². The molecule has 6 nitrogen and oxygen atoms in total. The van der Waals surface area contributed by atoms with Gasteiger partial charge in [-0.25, -0.2) is 0 Å². The fourth-order valence-corrected chi connectivity index (χ4v) is 3.11. The van der Waals surface area contributed by atoms with Gasteiger partial charge in [0, 0.05) is 6.54 Å². The SMILES string of the molecule is CCCCCCCCN(C(=O)[C@@H](N)CC(N)=O)[C@H](C=O)Cc1ccccc1. The van der Waals surface area contributed by atoms with Crippen molar-refractivity contribution >= 4 is 18.1 Å². The Hall–Kier alpha value is -2.21. The maximum atomic E-state index is 12.8. The molecule has 2 amide bonds. The van der Waals surface area contributed by atoms with Gasteiger partial charge in [-0.3, -0.25) is 9.59 Å². The van der Waals surface area contributed by atoms with Gasteiger partial charge >= 0.3 is 0 Å². The Bertz CT molecular complexity index is 577. The van der Waals surface area contributed by atoms with Crippen LogP contribution in [0, 0.1) is 0 Å². The maximum absolute atomic E-state index is 12.8. The Kier molecular flexibility index (Phi) is 11.0. The number of carbonyl (C=O) groups excluding carboxylic acids is 3. The van der Waals surface area contributed by atoms with Crippen molar-refractivity contribution in [2.45, 2.75) is 70.4 Å². The van der Waals surface area contributed by atoms with E-state index in [4.69, 9.17) is 11.5 Å². The second-order valence-electron chi connectivity index (χ2n) is 6.97. The molecular formula is C21H33N3O3. The molecule has 27 heavy (non-hydrogen) atoms. The molecule has 1 rings (SSSR count). The molecule has 0 aliphatic heterocycles. The zero-order valence-corrected chi connectivity index (χ0v) is 16.3. The summed E-state index contributed by atoms with van der Waals surface area (Å²) in [6.45, 7) is 2.62. The standard InChI is InChI=1S/C21H33N3O3/c1-2-3-4-5-6-10-13-24(21(27)19(22)15-20(23)26)18(16-25)14-17-11-8-7-9-12-17/h7-9,11-12,16,18-19H,2-6,10,13-15,22H2,1H3,(H2,23,26)/t18-,19-/m0/s1. The largest absolute Gasteiger partial charge is 0.370 e. The number of carbonyl (C=O) groups is 3. The third kappa shape index (κ3) is 8.82. The summed E-state index contributed by atoms with van der Waals surface area (Å²) in [5.74, 6) is -1.02. The third-order valence-corrected chi connectivity index (χ3v) is 4.62. The van der Waals surface area contributed by atoms with Gasteiger partial charge in [-0.2, -0.15) is 0 Å². The van der Waals surface area contributed by atoms with Crippen LogP contribution in [-0.4, -0.2) is 41.6 Å². The average Bonchev–Trinajstić information content (AvgIpc) is 2.66. The number of aldehydes is 1. The van der Waals surface area contributed by atoms with Crippen molar-refractivity contribution in [2.24, 2.45) is 11.5 Å². The van der Waals surface area contributed by atoms with E-state index in [-0.39, 0.29) is 6.42 Å². The number of benzene rings is 1. The van der Waals surface area contributed by atoms with Crippen LogP contribution in [-0.2, 0) is 20.8 Å². The third-order valence-electron chi connectivity index (χ3n) is 4.62. The van der Waals surface area contributed by atoms with E-state index < -0.39 is 23.9 Å². The lowest BCUT2D eigenvalue weighted by molar-refractivity contribution is -0.139. The van der Waals surface area contributed by atoms with E-state index in [0.717, 1.165) is 31.1 Å². The van der Waals surface area contributed by atoms with Crippen LogP contribution in [0.4, 0.5) is 0 Å². The molecule has 0 saturated heterocycles. The number of nitrogens with two attached hydrogens (primary N) is 2. The number of nitrogens with zero attached hydrogens (tertiary/aromatic N) is 1. The van der Waals surface area contributed by atoms with Gasteiger partial charge in [0.05, 0.1) is 18.5 Å². The molecular weight excluding hydrogens is 342 g/mol. The maximum Gasteiger partial charge on any atom is 0.240 e. The van der Waals surface area contributed by atoms with E-state index in [1.165, 1.54) is 24.2 Å². The van der Waals surface area contributed by atoms with Crippen LogP contribution in [0.1, 0.15) is 57.4 Å². The van der Waals surface area contributed by atoms with Crippen molar-refractivity contribution in [2.75, 3.05) is 6.54 Å². The minimum absolute atomic E-state index is 0.219. The highest BCUT2D eigenvalue weighted by Crippen LogP contribution is 2.13. The lowest BCUT2D eigenvalue weighted by Crippen LogP contribution is -2.51. The van der Waals surface area contributed by atoms with Gasteiger partial charge in [0.15, 0.2) is 0 Å². The number of amides is 2. The summed E-state index contributed by atoms with van der Waals surface area (Å²) in [5, 5.41) is 0. The molecule has 4 N–H and O–H groups in total. The summed E-state index contributed by atoms with van der Waals surface area (Å²) in [7, 11) is 0. The van der Waals surface area contributed by atoms with Gasteiger partial charge in [-0.05, 0) is 18.4 Å². The van der Waals surface area contributed by atoms with Crippen molar-refractivity contribution in [1.82, 2.24) is 4.90 Å². The zero-order chi connectivity index (χ0) is 20.1. The van der Waals surface area contributed by atoms with Crippen LogP contribution in [0.15, 0.2) is 30.3 Å². The van der Waals surface area contributed by atoms with Gasteiger partial charge < -0.3 is 21.2 Å². The molecule has 0 aliphatic carbocycles. The molecule has 0 heterocycles. The minimum atomic E-state index is -1.01. The molecule has 1 aromatic carbocycles. The van der Waals surface area contributed by atoms with Crippen LogP contribution in [0.3, 0.4) is 0 Å². The first kappa shape index (κ1) is 22.8. The zero-order valence-electron chi connectivity index (χ0n) is 16.3. The monoisotopic (exact) mass is 375 g/mol. The number of primary amides is 1. The van der Waals surface area contributed by atoms with Crippen LogP contribution >= 0.6 is 0 Å². The summed E-state index contributed by atoms with van der Waals surface area (Å²) < 4.78 is 0. The van der Waals surface area contributed by atoms with E-state index in [9.17, 15) is 14.4 Å². The van der Waals surface area contributed by atoms with Crippen LogP contribution in [0.5, 0.6) is 0 Å². The smallest absolute Gasteiger partial charge is 0.240 e. The van der Waals surface area contributed by atoms with Crippen LogP contribution < -0.4 is 11.5 Å². The van der Waals surface area contributed by atoms with Crippen molar-refractivity contribution in [3.05, 3.63) is 35.9 Å². The van der Waals surface area contributed by atoms with Crippen LogP contribution in [0.25, 0.3) is 0 Å². The first-order chi connectivity index (χ1) is 13.0. The topological polar surface area (TPSA) is 106 Å². The van der Waals surface area contributed by atoms with Gasteiger partial charge in [0.2, 0.25) is 11.8 Å². The van der Waals surface area contributed by atoms with Crippen LogP contribution in [0.2, 0.25) is 0 Å². The number of hydrogen-bond acceptors (Lipinski definition) is 4. The second-order valence-corrected chi connectivity index (χ2v) is 6.97. The second kappa shape index (κ2) is 13.0. The van der Waals surface area contributed by atoms with Gasteiger partial charge in [0.1, 0.15) is 6.29 Å². The molecule has 150 valence electrons. The predicted octanol–water partition coefficient (Wildman–Crippen LogP) is 2.19.